The van der Waals surface area contributed by atoms with Crippen LogP contribution in [0.25, 0.3) is 0 Å². The van der Waals surface area contributed by atoms with Gasteiger partial charge in [0.2, 0.25) is 5.82 Å². The summed E-state index contributed by atoms with van der Waals surface area (Å²) < 4.78 is 12.0. The van der Waals surface area contributed by atoms with Gasteiger partial charge in [-0.25, -0.2) is 4.98 Å². The Morgan fingerprint density at radius 1 is 1.50 bits per heavy atom. The highest BCUT2D eigenvalue weighted by Gasteiger charge is 2.15. The van der Waals surface area contributed by atoms with Gasteiger partial charge in [0.05, 0.1) is 28.8 Å². The first-order chi connectivity index (χ1) is 12.5. The Balaban J connectivity index is 2.21. The molecule has 26 heavy (non-hydrogen) atoms. The predicted octanol–water partition coefficient (Wildman–Crippen LogP) is 4.38. The third kappa shape index (κ3) is 4.92. The molecule has 0 saturated carbocycles. The van der Waals surface area contributed by atoms with Crippen molar-refractivity contribution in [3.8, 4) is 11.5 Å². The molecule has 1 aromatic carbocycles. The van der Waals surface area contributed by atoms with Crippen LogP contribution in [0.3, 0.4) is 0 Å². The molecular weight excluding hydrogens is 404 g/mol. The third-order valence-electron chi connectivity index (χ3n) is 3.51. The molecule has 0 spiro atoms. The summed E-state index contributed by atoms with van der Waals surface area (Å²) in [5.74, 6) is 1.24. The maximum Gasteiger partial charge on any atom is 0.313 e. The number of hydrazone groups is 1. The first-order valence-electron chi connectivity index (χ1n) is 7.88. The number of ether oxygens (including phenoxy) is 2. The van der Waals surface area contributed by atoms with Crippen molar-refractivity contribution in [1.82, 2.24) is 4.98 Å². The van der Waals surface area contributed by atoms with E-state index in [1.165, 1.54) is 24.5 Å². The number of aromatic nitrogens is 1. The molecular formula is C17H19BrN4O4. The van der Waals surface area contributed by atoms with E-state index in [1.54, 1.807) is 13.2 Å². The zero-order valence-corrected chi connectivity index (χ0v) is 16.2. The number of hydrogen-bond donors (Lipinski definition) is 1. The summed E-state index contributed by atoms with van der Waals surface area (Å²) >= 11 is 3.48. The zero-order chi connectivity index (χ0) is 19.1. The molecule has 2 rings (SSSR count). The van der Waals surface area contributed by atoms with E-state index in [0.717, 1.165) is 16.5 Å². The number of nitro groups is 1. The lowest BCUT2D eigenvalue weighted by molar-refractivity contribution is -0.384. The van der Waals surface area contributed by atoms with Crippen LogP contribution in [-0.4, -0.2) is 29.3 Å². The van der Waals surface area contributed by atoms with Crippen LogP contribution >= 0.6 is 15.9 Å². The number of rotatable bonds is 8. The molecule has 0 fully saturated rings. The van der Waals surface area contributed by atoms with Gasteiger partial charge in [0.1, 0.15) is 0 Å². The normalized spacial score (nSPS) is 12.0. The van der Waals surface area contributed by atoms with Crippen LogP contribution < -0.4 is 14.9 Å². The van der Waals surface area contributed by atoms with E-state index in [9.17, 15) is 10.1 Å². The fourth-order valence-electron chi connectivity index (χ4n) is 2.01. The van der Waals surface area contributed by atoms with Gasteiger partial charge in [-0.15, -0.1) is 0 Å². The van der Waals surface area contributed by atoms with Crippen molar-refractivity contribution in [2.24, 2.45) is 5.10 Å². The molecule has 0 amide bonds. The Kier molecular flexibility index (Phi) is 6.90. The molecule has 1 heterocycles. The molecule has 0 unspecified atom stereocenters. The van der Waals surface area contributed by atoms with E-state index in [0.29, 0.717) is 11.5 Å². The Morgan fingerprint density at radius 2 is 2.27 bits per heavy atom. The molecule has 0 bridgehead atoms. The lowest BCUT2D eigenvalue weighted by Gasteiger charge is -2.17. The van der Waals surface area contributed by atoms with E-state index >= 15 is 0 Å². The van der Waals surface area contributed by atoms with E-state index < -0.39 is 4.92 Å². The number of nitrogens with zero attached hydrogens (tertiary/aromatic N) is 3. The largest absolute Gasteiger partial charge is 0.493 e. The number of halogens is 1. The summed E-state index contributed by atoms with van der Waals surface area (Å²) in [6, 6.07) is 6.43. The van der Waals surface area contributed by atoms with Crippen molar-refractivity contribution >= 4 is 33.6 Å². The monoisotopic (exact) mass is 422 g/mol. The highest BCUT2D eigenvalue weighted by Crippen LogP contribution is 2.37. The van der Waals surface area contributed by atoms with Crippen molar-refractivity contribution in [1.29, 1.82) is 0 Å². The summed E-state index contributed by atoms with van der Waals surface area (Å²) in [5, 5.41) is 15.0. The molecule has 1 atom stereocenters. The third-order valence-corrected chi connectivity index (χ3v) is 4.10. The zero-order valence-electron chi connectivity index (χ0n) is 14.6. The van der Waals surface area contributed by atoms with E-state index in [4.69, 9.17) is 9.47 Å². The molecule has 0 aliphatic heterocycles. The van der Waals surface area contributed by atoms with Crippen LogP contribution in [0.4, 0.5) is 11.5 Å². The van der Waals surface area contributed by atoms with Gasteiger partial charge in [-0.2, -0.15) is 5.10 Å². The summed E-state index contributed by atoms with van der Waals surface area (Å²) in [4.78, 5) is 14.4. The van der Waals surface area contributed by atoms with Gasteiger partial charge in [0, 0.05) is 12.3 Å². The van der Waals surface area contributed by atoms with Gasteiger partial charge >= 0.3 is 5.69 Å². The highest BCUT2D eigenvalue weighted by molar-refractivity contribution is 9.10. The topological polar surface area (TPSA) is 98.9 Å². The van der Waals surface area contributed by atoms with Crippen LogP contribution in [0.5, 0.6) is 11.5 Å². The molecule has 0 radical (unpaired) electrons. The fraction of sp³-hybridized carbons (Fsp3) is 0.294. The van der Waals surface area contributed by atoms with Crippen molar-refractivity contribution in [2.45, 2.75) is 26.4 Å². The maximum atomic E-state index is 11.0. The van der Waals surface area contributed by atoms with E-state index in [2.05, 4.69) is 31.4 Å². The average Bonchev–Trinajstić information content (AvgIpc) is 2.63. The number of methoxy groups -OCH3 is 1. The quantitative estimate of drug-likeness (QED) is 0.384. The van der Waals surface area contributed by atoms with Crippen molar-refractivity contribution in [2.75, 3.05) is 12.5 Å². The Bertz CT molecular complexity index is 813. The van der Waals surface area contributed by atoms with Crippen LogP contribution in [0.1, 0.15) is 25.8 Å². The highest BCUT2D eigenvalue weighted by atomic mass is 79.9. The van der Waals surface area contributed by atoms with Gasteiger partial charge in [0.25, 0.3) is 0 Å². The summed E-state index contributed by atoms with van der Waals surface area (Å²) in [6.45, 7) is 4.01. The fourth-order valence-corrected chi connectivity index (χ4v) is 2.56. The van der Waals surface area contributed by atoms with E-state index in [-0.39, 0.29) is 17.6 Å². The van der Waals surface area contributed by atoms with Gasteiger partial charge in [-0.1, -0.05) is 6.92 Å². The molecule has 0 saturated heterocycles. The first kappa shape index (κ1) is 19.6. The molecule has 8 nitrogen and oxygen atoms in total. The van der Waals surface area contributed by atoms with E-state index in [1.807, 2.05) is 19.9 Å². The minimum absolute atomic E-state index is 0.0473. The average molecular weight is 423 g/mol. The number of nitrogens with one attached hydrogen (secondary N) is 1. The van der Waals surface area contributed by atoms with Crippen molar-refractivity contribution in [3.63, 3.8) is 0 Å². The lowest BCUT2D eigenvalue weighted by Crippen LogP contribution is -2.11. The predicted molar refractivity (Wildman–Crippen MR) is 103 cm³/mol. The van der Waals surface area contributed by atoms with Crippen LogP contribution in [0.2, 0.25) is 0 Å². The minimum Gasteiger partial charge on any atom is -0.493 e. The number of benzene rings is 1. The Hall–Kier alpha value is -2.68. The standard InChI is InChI=1S/C17H19BrN4O4/c1-4-11(2)26-16-13(18)8-12(9-15(16)25-3)10-20-21-17-14(22(23)24)6-5-7-19-17/h5-11H,4H2,1-3H3,(H,19,21)/b20-10-/t11-/m1/s1. The molecule has 0 aliphatic rings. The SMILES string of the molecule is CC[C@@H](C)Oc1c(Br)cc(/C=N\Nc2ncccc2[N+](=O)[O-])cc1OC. The Labute approximate surface area is 159 Å². The van der Waals surface area contributed by atoms with Gasteiger partial charge < -0.3 is 9.47 Å². The molecule has 138 valence electrons. The molecule has 9 heteroatoms. The summed E-state index contributed by atoms with van der Waals surface area (Å²) in [7, 11) is 1.56. The van der Waals surface area contributed by atoms with Gasteiger partial charge in [-0.05, 0) is 53.0 Å². The smallest absolute Gasteiger partial charge is 0.313 e. The van der Waals surface area contributed by atoms with Crippen molar-refractivity contribution in [3.05, 3.63) is 50.6 Å². The second-order valence-corrected chi connectivity index (χ2v) is 6.22. The Morgan fingerprint density at radius 3 is 2.92 bits per heavy atom. The summed E-state index contributed by atoms with van der Waals surface area (Å²) in [5.41, 5.74) is 3.15. The second kappa shape index (κ2) is 9.14. The van der Waals surface area contributed by atoms with Crippen LogP contribution in [0.15, 0.2) is 40.0 Å². The maximum absolute atomic E-state index is 11.0. The summed E-state index contributed by atoms with van der Waals surface area (Å²) in [6.07, 6.45) is 3.88. The van der Waals surface area contributed by atoms with Crippen LogP contribution in [-0.2, 0) is 0 Å². The lowest BCUT2D eigenvalue weighted by atomic mass is 10.2. The number of pyridine rings is 1. The molecule has 0 aliphatic carbocycles. The molecule has 1 aromatic heterocycles. The minimum atomic E-state index is -0.522. The second-order valence-electron chi connectivity index (χ2n) is 5.37. The number of hydrogen-bond acceptors (Lipinski definition) is 7. The van der Waals surface area contributed by atoms with Crippen LogP contribution in [0, 0.1) is 10.1 Å². The number of anilines is 1. The van der Waals surface area contributed by atoms with Crippen molar-refractivity contribution < 1.29 is 14.4 Å². The molecule has 2 aromatic rings. The first-order valence-corrected chi connectivity index (χ1v) is 8.68. The van der Waals surface area contributed by atoms with Gasteiger partial charge in [0.15, 0.2) is 11.5 Å². The van der Waals surface area contributed by atoms with Gasteiger partial charge in [-0.3, -0.25) is 15.5 Å². The molecule has 1 N–H and O–H groups in total.